The van der Waals surface area contributed by atoms with Gasteiger partial charge in [0.15, 0.2) is 9.84 Å². The Kier molecular flexibility index (Phi) is 3.57. The van der Waals surface area contributed by atoms with E-state index in [1.165, 1.54) is 24.3 Å². The SMILES string of the molecule is O=C(O)c1ccc(C(=O)NC2CCS(=O)(=O)C2)cc1. The summed E-state index contributed by atoms with van der Waals surface area (Å²) in [5.74, 6) is -1.39. The summed E-state index contributed by atoms with van der Waals surface area (Å²) >= 11 is 0. The summed E-state index contributed by atoms with van der Waals surface area (Å²) in [6.07, 6.45) is 0.418. The van der Waals surface area contributed by atoms with Crippen LogP contribution in [0.4, 0.5) is 0 Å². The average Bonchev–Trinajstić information content (AvgIpc) is 2.68. The molecule has 102 valence electrons. The molecule has 1 saturated heterocycles. The van der Waals surface area contributed by atoms with Gasteiger partial charge in [-0.15, -0.1) is 0 Å². The summed E-state index contributed by atoms with van der Waals surface area (Å²) in [5, 5.41) is 11.4. The number of amides is 1. The molecule has 0 bridgehead atoms. The van der Waals surface area contributed by atoms with Crippen LogP contribution in [0.15, 0.2) is 24.3 Å². The summed E-state index contributed by atoms with van der Waals surface area (Å²) < 4.78 is 22.5. The van der Waals surface area contributed by atoms with Gasteiger partial charge in [-0.3, -0.25) is 4.79 Å². The van der Waals surface area contributed by atoms with E-state index in [-0.39, 0.29) is 29.0 Å². The molecule has 2 N–H and O–H groups in total. The third-order valence-corrected chi connectivity index (χ3v) is 4.73. The lowest BCUT2D eigenvalue weighted by Gasteiger charge is -2.10. The van der Waals surface area contributed by atoms with E-state index in [1.807, 2.05) is 0 Å². The first-order valence-corrected chi connectivity index (χ1v) is 7.54. The third-order valence-electron chi connectivity index (χ3n) is 2.96. The highest BCUT2D eigenvalue weighted by Crippen LogP contribution is 2.12. The molecule has 19 heavy (non-hydrogen) atoms. The Morgan fingerprint density at radius 3 is 2.21 bits per heavy atom. The van der Waals surface area contributed by atoms with Gasteiger partial charge in [-0.2, -0.15) is 0 Å². The quantitative estimate of drug-likeness (QED) is 0.831. The van der Waals surface area contributed by atoms with Crippen LogP contribution >= 0.6 is 0 Å². The highest BCUT2D eigenvalue weighted by atomic mass is 32.2. The van der Waals surface area contributed by atoms with Gasteiger partial charge in [0.2, 0.25) is 0 Å². The summed E-state index contributed by atoms with van der Waals surface area (Å²) in [6.45, 7) is 0. The predicted molar refractivity (Wildman–Crippen MR) is 67.9 cm³/mol. The van der Waals surface area contributed by atoms with Crippen LogP contribution in [0.25, 0.3) is 0 Å². The second-order valence-corrected chi connectivity index (χ2v) is 6.68. The first-order valence-electron chi connectivity index (χ1n) is 5.72. The minimum atomic E-state index is -3.03. The van der Waals surface area contributed by atoms with Gasteiger partial charge in [-0.25, -0.2) is 13.2 Å². The molecule has 0 spiro atoms. The Hall–Kier alpha value is -1.89. The molecule has 1 aliphatic rings. The zero-order valence-electron chi connectivity index (χ0n) is 10.00. The summed E-state index contributed by atoms with van der Waals surface area (Å²) in [4.78, 5) is 22.5. The number of carboxylic acids is 1. The van der Waals surface area contributed by atoms with Crippen LogP contribution in [-0.4, -0.2) is 42.9 Å². The zero-order chi connectivity index (χ0) is 14.0. The van der Waals surface area contributed by atoms with Gasteiger partial charge in [0.05, 0.1) is 17.1 Å². The van der Waals surface area contributed by atoms with Gasteiger partial charge in [0.25, 0.3) is 5.91 Å². The van der Waals surface area contributed by atoms with E-state index in [4.69, 9.17) is 5.11 Å². The lowest BCUT2D eigenvalue weighted by molar-refractivity contribution is 0.0696. The fourth-order valence-electron chi connectivity index (χ4n) is 1.94. The lowest BCUT2D eigenvalue weighted by Crippen LogP contribution is -2.35. The van der Waals surface area contributed by atoms with Crippen LogP contribution in [0.3, 0.4) is 0 Å². The topological polar surface area (TPSA) is 101 Å². The molecule has 6 nitrogen and oxygen atoms in total. The first kappa shape index (κ1) is 13.5. The highest BCUT2D eigenvalue weighted by Gasteiger charge is 2.29. The van der Waals surface area contributed by atoms with Crippen LogP contribution in [0.5, 0.6) is 0 Å². The Labute approximate surface area is 110 Å². The molecule has 1 heterocycles. The van der Waals surface area contributed by atoms with Gasteiger partial charge >= 0.3 is 5.97 Å². The Bertz CT molecular complexity index is 606. The molecule has 1 fully saturated rings. The second kappa shape index (κ2) is 5.00. The molecule has 1 unspecified atom stereocenters. The van der Waals surface area contributed by atoms with Crippen LogP contribution in [0.2, 0.25) is 0 Å². The minimum Gasteiger partial charge on any atom is -0.478 e. The number of aromatic carboxylic acids is 1. The first-order chi connectivity index (χ1) is 8.87. The van der Waals surface area contributed by atoms with E-state index in [0.29, 0.717) is 12.0 Å². The van der Waals surface area contributed by atoms with E-state index in [0.717, 1.165) is 0 Å². The smallest absolute Gasteiger partial charge is 0.335 e. The Morgan fingerprint density at radius 1 is 1.16 bits per heavy atom. The molecule has 1 amide bonds. The fraction of sp³-hybridized carbons (Fsp3) is 0.333. The predicted octanol–water partition coefficient (Wildman–Crippen LogP) is 0.302. The standard InChI is InChI=1S/C12H13NO5S/c14-11(13-10-5-6-19(17,18)7-10)8-1-3-9(4-2-8)12(15)16/h1-4,10H,5-7H2,(H,13,14)(H,15,16). The zero-order valence-corrected chi connectivity index (χ0v) is 10.8. The van der Waals surface area contributed by atoms with Crippen molar-refractivity contribution in [2.45, 2.75) is 12.5 Å². The van der Waals surface area contributed by atoms with Crippen molar-refractivity contribution in [3.63, 3.8) is 0 Å². The minimum absolute atomic E-state index is 0.0358. The molecular weight excluding hydrogens is 270 g/mol. The van der Waals surface area contributed by atoms with Crippen molar-refractivity contribution < 1.29 is 23.1 Å². The number of hydrogen-bond acceptors (Lipinski definition) is 4. The number of hydrogen-bond donors (Lipinski definition) is 2. The van der Waals surface area contributed by atoms with Crippen LogP contribution in [0, 0.1) is 0 Å². The van der Waals surface area contributed by atoms with Crippen molar-refractivity contribution in [3.05, 3.63) is 35.4 Å². The van der Waals surface area contributed by atoms with E-state index in [1.54, 1.807) is 0 Å². The summed E-state index contributed by atoms with van der Waals surface area (Å²) in [5.41, 5.74) is 0.411. The summed E-state index contributed by atoms with van der Waals surface area (Å²) in [6, 6.07) is 5.12. The molecule has 1 aromatic carbocycles. The van der Waals surface area contributed by atoms with Crippen molar-refractivity contribution in [1.29, 1.82) is 0 Å². The molecule has 0 radical (unpaired) electrons. The number of carboxylic acid groups (broad SMARTS) is 1. The van der Waals surface area contributed by atoms with E-state index in [9.17, 15) is 18.0 Å². The molecule has 1 aromatic rings. The average molecular weight is 283 g/mol. The van der Waals surface area contributed by atoms with Crippen molar-refractivity contribution in [2.24, 2.45) is 0 Å². The van der Waals surface area contributed by atoms with Gasteiger partial charge in [0.1, 0.15) is 0 Å². The summed E-state index contributed by atoms with van der Waals surface area (Å²) in [7, 11) is -3.03. The number of rotatable bonds is 3. The van der Waals surface area contributed by atoms with Gasteiger partial charge in [-0.05, 0) is 30.7 Å². The molecule has 0 aromatic heterocycles. The maximum Gasteiger partial charge on any atom is 0.335 e. The van der Waals surface area contributed by atoms with Gasteiger partial charge < -0.3 is 10.4 Å². The fourth-order valence-corrected chi connectivity index (χ4v) is 3.62. The molecule has 2 rings (SSSR count). The van der Waals surface area contributed by atoms with E-state index < -0.39 is 15.8 Å². The van der Waals surface area contributed by atoms with Crippen molar-refractivity contribution in [3.8, 4) is 0 Å². The molecular formula is C12H13NO5S. The van der Waals surface area contributed by atoms with Crippen molar-refractivity contribution in [2.75, 3.05) is 11.5 Å². The van der Waals surface area contributed by atoms with Crippen LogP contribution < -0.4 is 5.32 Å². The maximum atomic E-state index is 11.8. The number of carbonyl (C=O) groups is 2. The normalized spacial score (nSPS) is 20.9. The Balaban J connectivity index is 2.02. The maximum absolute atomic E-state index is 11.8. The molecule has 0 saturated carbocycles. The number of carbonyl (C=O) groups excluding carboxylic acids is 1. The van der Waals surface area contributed by atoms with Crippen molar-refractivity contribution in [1.82, 2.24) is 5.32 Å². The molecule has 1 atom stereocenters. The number of nitrogens with one attached hydrogen (secondary N) is 1. The molecule has 7 heteroatoms. The monoisotopic (exact) mass is 283 g/mol. The third kappa shape index (κ3) is 3.31. The highest BCUT2D eigenvalue weighted by molar-refractivity contribution is 7.91. The molecule has 1 aliphatic heterocycles. The van der Waals surface area contributed by atoms with Crippen molar-refractivity contribution >= 4 is 21.7 Å². The van der Waals surface area contributed by atoms with Crippen LogP contribution in [-0.2, 0) is 9.84 Å². The number of sulfone groups is 1. The van der Waals surface area contributed by atoms with E-state index >= 15 is 0 Å². The largest absolute Gasteiger partial charge is 0.478 e. The second-order valence-electron chi connectivity index (χ2n) is 4.46. The number of benzene rings is 1. The Morgan fingerprint density at radius 2 is 1.74 bits per heavy atom. The van der Waals surface area contributed by atoms with E-state index in [2.05, 4.69) is 5.32 Å². The van der Waals surface area contributed by atoms with Crippen LogP contribution in [0.1, 0.15) is 27.1 Å². The molecule has 0 aliphatic carbocycles. The lowest BCUT2D eigenvalue weighted by atomic mass is 10.1. The van der Waals surface area contributed by atoms with Gasteiger partial charge in [0, 0.05) is 11.6 Å². The van der Waals surface area contributed by atoms with Gasteiger partial charge in [-0.1, -0.05) is 0 Å².